The van der Waals surface area contributed by atoms with Gasteiger partial charge in [0.05, 0.1) is 12.9 Å². The van der Waals surface area contributed by atoms with Crippen LogP contribution in [0.3, 0.4) is 0 Å². The van der Waals surface area contributed by atoms with Crippen molar-refractivity contribution in [1.29, 1.82) is 0 Å². The first kappa shape index (κ1) is 20.3. The van der Waals surface area contributed by atoms with Crippen LogP contribution in [-0.4, -0.2) is 60.0 Å². The maximum absolute atomic E-state index is 12.6. The van der Waals surface area contributed by atoms with Crippen molar-refractivity contribution in [2.75, 3.05) is 20.1 Å². The van der Waals surface area contributed by atoms with Crippen LogP contribution < -0.4 is 5.32 Å². The topological polar surface area (TPSA) is 83.8 Å². The molecule has 2 fully saturated rings. The van der Waals surface area contributed by atoms with Crippen LogP contribution in [0.4, 0.5) is 0 Å². The number of fused-ring (bicyclic) bond motifs is 1. The lowest BCUT2D eigenvalue weighted by Crippen LogP contribution is -2.61. The molecule has 0 unspecified atom stereocenters. The van der Waals surface area contributed by atoms with Gasteiger partial charge in [-0.25, -0.2) is 4.98 Å². The van der Waals surface area contributed by atoms with E-state index in [-0.39, 0.29) is 31.7 Å². The average molecular weight is 381 g/mol. The Morgan fingerprint density at radius 1 is 1.07 bits per heavy atom. The Bertz CT molecular complexity index is 554. The van der Waals surface area contributed by atoms with Gasteiger partial charge in [0.1, 0.15) is 31.9 Å². The molecular formula is C19H31N3O5. The fourth-order valence-electron chi connectivity index (χ4n) is 3.56. The van der Waals surface area contributed by atoms with Crippen LogP contribution >= 0.6 is 0 Å². The Hall–Kier alpha value is -1.48. The Morgan fingerprint density at radius 2 is 1.85 bits per heavy atom. The van der Waals surface area contributed by atoms with Crippen molar-refractivity contribution in [2.45, 2.75) is 76.4 Å². The van der Waals surface area contributed by atoms with Crippen molar-refractivity contribution in [3.8, 4) is 0 Å². The van der Waals surface area contributed by atoms with Crippen LogP contribution in [0.15, 0.2) is 18.7 Å². The molecule has 0 aliphatic carbocycles. The summed E-state index contributed by atoms with van der Waals surface area (Å²) in [5, 5.41) is 2.98. The summed E-state index contributed by atoms with van der Waals surface area (Å²) in [5.41, 5.74) is 0. The fraction of sp³-hybridized carbons (Fsp3) is 0.789. The second-order valence-corrected chi connectivity index (χ2v) is 7.11. The summed E-state index contributed by atoms with van der Waals surface area (Å²) in [5.74, 6) is -0.134. The number of amides is 1. The lowest BCUT2D eigenvalue weighted by Gasteiger charge is -2.43. The highest BCUT2D eigenvalue weighted by molar-refractivity contribution is 5.81. The fourth-order valence-corrected chi connectivity index (χ4v) is 3.56. The Balaban J connectivity index is 1.45. The molecule has 2 saturated heterocycles. The minimum Gasteiger partial charge on any atom is -0.354 e. The molecular weight excluding hydrogens is 350 g/mol. The molecule has 0 saturated carbocycles. The number of nitrogens with zero attached hydrogens (tertiary/aromatic N) is 2. The van der Waals surface area contributed by atoms with Crippen molar-refractivity contribution < 1.29 is 23.7 Å². The maximum atomic E-state index is 12.6. The van der Waals surface area contributed by atoms with Gasteiger partial charge < -0.3 is 28.8 Å². The number of carbonyl (C=O) groups is 1. The molecule has 1 amide bonds. The molecule has 0 bridgehead atoms. The Kier molecular flexibility index (Phi) is 8.07. The molecule has 0 radical (unpaired) electrons. The van der Waals surface area contributed by atoms with E-state index in [0.29, 0.717) is 13.1 Å². The summed E-state index contributed by atoms with van der Waals surface area (Å²) < 4.78 is 24.6. The molecule has 8 nitrogen and oxygen atoms in total. The smallest absolute Gasteiger partial charge is 0.252 e. The van der Waals surface area contributed by atoms with Crippen molar-refractivity contribution in [3.63, 3.8) is 0 Å². The standard InChI is InChI=1S/C19H31N3O5/c1-2-3-4-5-6-7-8-21-19(23)18-17-16(25-14-27-18)15(24-13-26-17)11-22-10-9-20-12-22/h9-10,12,15-18H,2-8,11,13-14H2,1H3,(H,21,23)/t15-,16-,17+,18-/m1/s1. The predicted molar refractivity (Wildman–Crippen MR) is 97.8 cm³/mol. The number of nitrogens with one attached hydrogen (secondary N) is 1. The van der Waals surface area contributed by atoms with Crippen molar-refractivity contribution in [2.24, 2.45) is 0 Å². The van der Waals surface area contributed by atoms with E-state index in [0.717, 1.165) is 12.8 Å². The van der Waals surface area contributed by atoms with Gasteiger partial charge in [-0.1, -0.05) is 39.0 Å². The number of imidazole rings is 1. The molecule has 0 spiro atoms. The minimum atomic E-state index is -0.668. The zero-order valence-corrected chi connectivity index (χ0v) is 16.0. The van der Waals surface area contributed by atoms with Crippen LogP contribution in [0.25, 0.3) is 0 Å². The molecule has 1 aromatic rings. The largest absolute Gasteiger partial charge is 0.354 e. The monoisotopic (exact) mass is 381 g/mol. The Labute approximate surface area is 160 Å². The summed E-state index contributed by atoms with van der Waals surface area (Å²) in [6.45, 7) is 3.65. The normalized spacial score (nSPS) is 27.9. The van der Waals surface area contributed by atoms with E-state index in [2.05, 4.69) is 17.2 Å². The molecule has 2 aliphatic heterocycles. The molecule has 1 aromatic heterocycles. The van der Waals surface area contributed by atoms with E-state index in [1.807, 2.05) is 10.8 Å². The molecule has 1 N–H and O–H groups in total. The lowest BCUT2D eigenvalue weighted by atomic mass is 9.99. The quantitative estimate of drug-likeness (QED) is 0.623. The van der Waals surface area contributed by atoms with Gasteiger partial charge in [0.25, 0.3) is 5.91 Å². The van der Waals surface area contributed by atoms with Gasteiger partial charge in [-0.2, -0.15) is 0 Å². The van der Waals surface area contributed by atoms with Gasteiger partial charge in [0.2, 0.25) is 0 Å². The third-order valence-electron chi connectivity index (χ3n) is 5.08. The maximum Gasteiger partial charge on any atom is 0.252 e. The summed E-state index contributed by atoms with van der Waals surface area (Å²) in [6.07, 6.45) is 10.8. The van der Waals surface area contributed by atoms with Gasteiger partial charge in [-0.05, 0) is 6.42 Å². The molecule has 27 heavy (non-hydrogen) atoms. The van der Waals surface area contributed by atoms with E-state index >= 15 is 0 Å². The zero-order chi connectivity index (χ0) is 18.9. The number of ether oxygens (including phenoxy) is 4. The molecule has 152 valence electrons. The SMILES string of the molecule is CCCCCCCCNC(=O)[C@@H]1OCO[C@H]2[C@@H]1OCO[C@@H]2Cn1ccnc1. The van der Waals surface area contributed by atoms with Crippen LogP contribution in [0.2, 0.25) is 0 Å². The number of carbonyl (C=O) groups excluding carboxylic acids is 1. The third kappa shape index (κ3) is 5.75. The molecule has 2 aliphatic rings. The predicted octanol–water partition coefficient (Wildman–Crippen LogP) is 1.84. The van der Waals surface area contributed by atoms with Gasteiger partial charge in [0.15, 0.2) is 6.10 Å². The van der Waals surface area contributed by atoms with Gasteiger partial charge in [-0.15, -0.1) is 0 Å². The average Bonchev–Trinajstić information content (AvgIpc) is 3.20. The van der Waals surface area contributed by atoms with E-state index < -0.39 is 12.2 Å². The van der Waals surface area contributed by atoms with E-state index in [4.69, 9.17) is 18.9 Å². The highest BCUT2D eigenvalue weighted by atomic mass is 16.8. The molecule has 3 heterocycles. The summed E-state index contributed by atoms with van der Waals surface area (Å²) in [7, 11) is 0. The van der Waals surface area contributed by atoms with Crippen LogP contribution in [-0.2, 0) is 30.3 Å². The van der Waals surface area contributed by atoms with Crippen LogP contribution in [0.1, 0.15) is 45.4 Å². The van der Waals surface area contributed by atoms with Crippen molar-refractivity contribution >= 4 is 5.91 Å². The minimum absolute atomic E-state index is 0.0589. The van der Waals surface area contributed by atoms with Crippen molar-refractivity contribution in [1.82, 2.24) is 14.9 Å². The van der Waals surface area contributed by atoms with E-state index in [9.17, 15) is 4.79 Å². The molecule has 3 rings (SSSR count). The Morgan fingerprint density at radius 3 is 2.67 bits per heavy atom. The number of rotatable bonds is 10. The summed E-state index contributed by atoms with van der Waals surface area (Å²) in [6, 6.07) is 0. The second kappa shape index (κ2) is 10.8. The van der Waals surface area contributed by atoms with Gasteiger partial charge >= 0.3 is 0 Å². The van der Waals surface area contributed by atoms with Crippen LogP contribution in [0, 0.1) is 0 Å². The van der Waals surface area contributed by atoms with Crippen LogP contribution in [0.5, 0.6) is 0 Å². The van der Waals surface area contributed by atoms with E-state index in [1.54, 1.807) is 12.5 Å². The van der Waals surface area contributed by atoms with E-state index in [1.165, 1.54) is 25.7 Å². The summed E-state index contributed by atoms with van der Waals surface area (Å²) >= 11 is 0. The highest BCUT2D eigenvalue weighted by Gasteiger charge is 2.47. The molecule has 0 aromatic carbocycles. The highest BCUT2D eigenvalue weighted by Crippen LogP contribution is 2.27. The zero-order valence-electron chi connectivity index (χ0n) is 16.0. The first-order valence-electron chi connectivity index (χ1n) is 9.99. The molecule has 4 atom stereocenters. The second-order valence-electron chi connectivity index (χ2n) is 7.11. The number of aromatic nitrogens is 2. The number of unbranched alkanes of at least 4 members (excludes halogenated alkanes) is 5. The number of hydrogen-bond acceptors (Lipinski definition) is 6. The lowest BCUT2D eigenvalue weighted by molar-refractivity contribution is -0.318. The first-order chi connectivity index (χ1) is 13.3. The van der Waals surface area contributed by atoms with Crippen molar-refractivity contribution in [3.05, 3.63) is 18.7 Å². The molecule has 8 heteroatoms. The first-order valence-corrected chi connectivity index (χ1v) is 9.99. The van der Waals surface area contributed by atoms with Gasteiger partial charge in [0, 0.05) is 18.9 Å². The van der Waals surface area contributed by atoms with Gasteiger partial charge in [-0.3, -0.25) is 4.79 Å². The summed E-state index contributed by atoms with van der Waals surface area (Å²) in [4.78, 5) is 16.6. The number of hydrogen-bond donors (Lipinski definition) is 1. The third-order valence-corrected chi connectivity index (χ3v) is 5.08.